The summed E-state index contributed by atoms with van der Waals surface area (Å²) in [7, 11) is 0. The first-order valence-corrected chi connectivity index (χ1v) is 14.1. The van der Waals surface area contributed by atoms with Gasteiger partial charge in [-0.1, -0.05) is 66.4 Å². The minimum absolute atomic E-state index is 0.245. The van der Waals surface area contributed by atoms with Gasteiger partial charge in [-0.25, -0.2) is 9.78 Å². The lowest BCUT2D eigenvalue weighted by molar-refractivity contribution is -0.142. The zero-order valence-electron chi connectivity index (χ0n) is 23.2. The van der Waals surface area contributed by atoms with Crippen LogP contribution in [-0.4, -0.2) is 34.1 Å². The van der Waals surface area contributed by atoms with E-state index in [2.05, 4.69) is 25.2 Å². The molecule has 0 saturated heterocycles. The summed E-state index contributed by atoms with van der Waals surface area (Å²) in [5, 5.41) is 14.4. The smallest absolute Gasteiger partial charge is 0.326 e. The number of nitrogens with zero attached hydrogens (tertiary/aromatic N) is 1. The summed E-state index contributed by atoms with van der Waals surface area (Å²) < 4.78 is 6.44. The average molecular weight is 509 g/mol. The second kappa shape index (κ2) is 11.4. The minimum Gasteiger partial charge on any atom is -0.490 e. The van der Waals surface area contributed by atoms with Gasteiger partial charge in [-0.15, -0.1) is 0 Å². The third kappa shape index (κ3) is 6.82. The molecule has 2 aromatic rings. The van der Waals surface area contributed by atoms with Crippen LogP contribution in [-0.2, 0) is 11.2 Å². The van der Waals surface area contributed by atoms with Crippen LogP contribution in [0.15, 0.2) is 24.3 Å². The molecule has 6 heteroatoms. The fourth-order valence-corrected chi connectivity index (χ4v) is 6.05. The normalized spacial score (nSPS) is 21.8. The van der Waals surface area contributed by atoms with E-state index >= 15 is 0 Å². The summed E-state index contributed by atoms with van der Waals surface area (Å²) in [5.41, 5.74) is 0.564. The van der Waals surface area contributed by atoms with Crippen LogP contribution in [0.5, 0.6) is 5.75 Å². The maximum Gasteiger partial charge on any atom is 0.326 e. The first kappa shape index (κ1) is 27.4. The fraction of sp³-hybridized carbons (Fsp3) is 0.645. The zero-order chi connectivity index (χ0) is 26.7. The summed E-state index contributed by atoms with van der Waals surface area (Å²) in [6.45, 7) is 10.0. The highest BCUT2D eigenvalue weighted by Gasteiger charge is 2.33. The molecule has 2 fully saturated rings. The van der Waals surface area contributed by atoms with Gasteiger partial charge >= 0.3 is 5.97 Å². The molecule has 2 aliphatic rings. The lowest BCUT2D eigenvalue weighted by Gasteiger charge is -2.31. The van der Waals surface area contributed by atoms with Crippen LogP contribution in [0, 0.1) is 23.2 Å². The number of hydrogen-bond acceptors (Lipinski definition) is 4. The highest BCUT2D eigenvalue weighted by atomic mass is 16.5. The highest BCUT2D eigenvalue weighted by molar-refractivity contribution is 5.99. The van der Waals surface area contributed by atoms with Crippen molar-refractivity contribution in [1.29, 1.82) is 0 Å². The Morgan fingerprint density at radius 3 is 2.32 bits per heavy atom. The molecule has 0 radical (unpaired) electrons. The second-order valence-electron chi connectivity index (χ2n) is 12.7. The molecule has 2 aliphatic carbocycles. The summed E-state index contributed by atoms with van der Waals surface area (Å²) >= 11 is 0. The van der Waals surface area contributed by atoms with Crippen molar-refractivity contribution in [1.82, 2.24) is 10.3 Å². The van der Waals surface area contributed by atoms with Gasteiger partial charge in [-0.05, 0) is 78.9 Å². The summed E-state index contributed by atoms with van der Waals surface area (Å²) in [6, 6.07) is 6.88. The summed E-state index contributed by atoms with van der Waals surface area (Å²) in [5.74, 6) is 1.46. The van der Waals surface area contributed by atoms with E-state index in [9.17, 15) is 14.7 Å². The Morgan fingerprint density at radius 2 is 1.73 bits per heavy atom. The molecule has 0 spiro atoms. The number of carboxylic acid groups (broad SMARTS) is 1. The van der Waals surface area contributed by atoms with Crippen molar-refractivity contribution in [2.45, 2.75) is 105 Å². The molecule has 1 unspecified atom stereocenters. The van der Waals surface area contributed by atoms with Crippen molar-refractivity contribution in [3.63, 3.8) is 0 Å². The monoisotopic (exact) mass is 508 g/mol. The lowest BCUT2D eigenvalue weighted by Crippen LogP contribution is -2.49. The van der Waals surface area contributed by atoms with Crippen LogP contribution < -0.4 is 10.1 Å². The van der Waals surface area contributed by atoms with Crippen molar-refractivity contribution in [3.05, 3.63) is 35.7 Å². The van der Waals surface area contributed by atoms with E-state index in [-0.39, 0.29) is 11.8 Å². The van der Waals surface area contributed by atoms with Gasteiger partial charge in [0.15, 0.2) is 0 Å². The molecule has 6 nitrogen and oxygen atoms in total. The van der Waals surface area contributed by atoms with E-state index in [1.165, 1.54) is 38.5 Å². The van der Waals surface area contributed by atoms with E-state index < -0.39 is 23.3 Å². The van der Waals surface area contributed by atoms with Crippen molar-refractivity contribution < 1.29 is 19.4 Å². The number of rotatable bonds is 8. The predicted octanol–water partition coefficient (Wildman–Crippen LogP) is 6.79. The van der Waals surface area contributed by atoms with E-state index in [0.29, 0.717) is 5.92 Å². The Hall–Kier alpha value is -2.63. The SMILES string of the molecule is CC(C)C1CCC(Oc2ccc3cc(C(=O)NC(C(=O)O)C(C)(C)C)nc(CC4CCCC4)c3c2)CC1. The third-order valence-electron chi connectivity index (χ3n) is 8.43. The van der Waals surface area contributed by atoms with Gasteiger partial charge in [-0.3, -0.25) is 4.79 Å². The number of nitrogens with one attached hydrogen (secondary N) is 1. The van der Waals surface area contributed by atoms with Crippen LogP contribution in [0.3, 0.4) is 0 Å². The van der Waals surface area contributed by atoms with Crippen molar-refractivity contribution in [3.8, 4) is 5.75 Å². The largest absolute Gasteiger partial charge is 0.490 e. The van der Waals surface area contributed by atoms with Crippen LogP contribution in [0.25, 0.3) is 10.8 Å². The molecular weight excluding hydrogens is 464 g/mol. The molecule has 0 bridgehead atoms. The Kier molecular flexibility index (Phi) is 8.45. The van der Waals surface area contributed by atoms with Gasteiger partial charge < -0.3 is 15.2 Å². The van der Waals surface area contributed by atoms with E-state index in [1.807, 2.05) is 32.9 Å². The number of ether oxygens (including phenoxy) is 1. The fourth-order valence-electron chi connectivity index (χ4n) is 6.05. The molecule has 1 heterocycles. The van der Waals surface area contributed by atoms with Crippen molar-refractivity contribution in [2.75, 3.05) is 0 Å². The number of carbonyl (C=O) groups excluding carboxylic acids is 1. The first-order chi connectivity index (χ1) is 17.5. The Morgan fingerprint density at radius 1 is 1.05 bits per heavy atom. The van der Waals surface area contributed by atoms with E-state index in [1.54, 1.807) is 6.07 Å². The quantitative estimate of drug-likeness (QED) is 0.410. The van der Waals surface area contributed by atoms with Gasteiger partial charge in [0.05, 0.1) is 6.10 Å². The third-order valence-corrected chi connectivity index (χ3v) is 8.43. The van der Waals surface area contributed by atoms with Gasteiger partial charge in [-0.2, -0.15) is 0 Å². The number of aliphatic carboxylic acids is 1. The maximum absolute atomic E-state index is 13.2. The Bertz CT molecular complexity index is 1110. The van der Waals surface area contributed by atoms with E-state index in [4.69, 9.17) is 9.72 Å². The number of benzene rings is 1. The number of pyridine rings is 1. The average Bonchev–Trinajstić information content (AvgIpc) is 3.35. The number of aromatic nitrogens is 1. The number of amides is 1. The van der Waals surface area contributed by atoms with Crippen LogP contribution in [0.1, 0.15) is 102 Å². The minimum atomic E-state index is -1.04. The lowest BCUT2D eigenvalue weighted by atomic mass is 9.80. The molecule has 202 valence electrons. The predicted molar refractivity (Wildman–Crippen MR) is 147 cm³/mol. The maximum atomic E-state index is 13.2. The molecule has 1 aromatic heterocycles. The molecule has 1 amide bonds. The molecule has 4 rings (SSSR count). The Balaban J connectivity index is 1.60. The zero-order valence-corrected chi connectivity index (χ0v) is 23.2. The van der Waals surface area contributed by atoms with Crippen LogP contribution in [0.2, 0.25) is 0 Å². The van der Waals surface area contributed by atoms with Crippen LogP contribution >= 0.6 is 0 Å². The van der Waals surface area contributed by atoms with Gasteiger partial charge in [0.2, 0.25) is 0 Å². The highest BCUT2D eigenvalue weighted by Crippen LogP contribution is 2.35. The molecule has 37 heavy (non-hydrogen) atoms. The summed E-state index contributed by atoms with van der Waals surface area (Å²) in [4.78, 5) is 29.8. The van der Waals surface area contributed by atoms with Gasteiger partial charge in [0.25, 0.3) is 5.91 Å². The first-order valence-electron chi connectivity index (χ1n) is 14.1. The van der Waals surface area contributed by atoms with E-state index in [0.717, 1.165) is 53.3 Å². The topological polar surface area (TPSA) is 88.5 Å². The van der Waals surface area contributed by atoms with Gasteiger partial charge in [0.1, 0.15) is 17.5 Å². The van der Waals surface area contributed by atoms with Crippen LogP contribution in [0.4, 0.5) is 0 Å². The molecule has 1 aromatic carbocycles. The number of fused-ring (bicyclic) bond motifs is 1. The summed E-state index contributed by atoms with van der Waals surface area (Å²) in [6.07, 6.45) is 10.5. The van der Waals surface area contributed by atoms with Crippen molar-refractivity contribution >= 4 is 22.6 Å². The molecule has 2 N–H and O–H groups in total. The number of carbonyl (C=O) groups is 2. The molecule has 2 saturated carbocycles. The number of carboxylic acids is 1. The van der Waals surface area contributed by atoms with Gasteiger partial charge in [0, 0.05) is 11.1 Å². The second-order valence-corrected chi connectivity index (χ2v) is 12.7. The van der Waals surface area contributed by atoms with Crippen molar-refractivity contribution in [2.24, 2.45) is 23.2 Å². The standard InChI is InChI=1S/C31H44N2O4/c1-19(2)21-10-13-23(14-11-21)37-24-15-12-22-17-27(29(34)33-28(30(35)36)31(3,4)5)32-26(25(22)18-24)16-20-8-6-7-9-20/h12,15,17-21,23,28H,6-11,13-14,16H2,1-5H3,(H,33,34)(H,35,36). The Labute approximate surface area is 221 Å². The number of hydrogen-bond donors (Lipinski definition) is 2. The molecular formula is C31H44N2O4. The molecule has 1 atom stereocenters. The molecule has 0 aliphatic heterocycles.